The van der Waals surface area contributed by atoms with Gasteiger partial charge in [0, 0.05) is 46.6 Å². The number of carbonyl (C=O) groups is 3. The molecule has 1 heterocycles. The number of hydrogen-bond donors (Lipinski definition) is 1. The van der Waals surface area contributed by atoms with E-state index < -0.39 is 34.9 Å². The van der Waals surface area contributed by atoms with Crippen LogP contribution in [0.1, 0.15) is 24.2 Å². The highest BCUT2D eigenvalue weighted by atomic mass is 19.1. The van der Waals surface area contributed by atoms with Gasteiger partial charge in [0.1, 0.15) is 28.8 Å². The van der Waals surface area contributed by atoms with Gasteiger partial charge in [0.25, 0.3) is 11.5 Å². The molecule has 2 aromatic carbocycles. The molecule has 0 spiro atoms. The van der Waals surface area contributed by atoms with Crippen LogP contribution in [0.2, 0.25) is 0 Å². The Morgan fingerprint density at radius 2 is 1.44 bits per heavy atom. The topological polar surface area (TPSA) is 129 Å². The summed E-state index contributed by atoms with van der Waals surface area (Å²) < 4.78 is 25.5. The molecule has 0 saturated carbocycles. The van der Waals surface area contributed by atoms with E-state index >= 15 is 0 Å². The fraction of sp³-hybridized carbons (Fsp3) is 0.208. The highest BCUT2D eigenvalue weighted by molar-refractivity contribution is 6.06. The predicted octanol–water partition coefficient (Wildman–Crippen LogP) is 1.84. The van der Waals surface area contributed by atoms with Crippen LogP contribution in [0.15, 0.2) is 52.1 Å². The molecular formula is C24H23FN4O7. The lowest BCUT2D eigenvalue weighted by Crippen LogP contribution is -2.42. The Balaban J connectivity index is 2.18. The maximum absolute atomic E-state index is 13.5. The van der Waals surface area contributed by atoms with Gasteiger partial charge in [0.05, 0.1) is 5.69 Å². The Hall–Kier alpha value is -4.74. The van der Waals surface area contributed by atoms with Crippen LogP contribution in [0.3, 0.4) is 0 Å². The van der Waals surface area contributed by atoms with Crippen LogP contribution in [0.4, 0.5) is 15.9 Å². The van der Waals surface area contributed by atoms with E-state index in [1.807, 2.05) is 0 Å². The first-order chi connectivity index (χ1) is 16.9. The molecule has 1 amide bonds. The fourth-order valence-electron chi connectivity index (χ4n) is 3.40. The Morgan fingerprint density at radius 3 is 1.92 bits per heavy atom. The quantitative estimate of drug-likeness (QED) is 0.403. The van der Waals surface area contributed by atoms with E-state index in [0.29, 0.717) is 0 Å². The summed E-state index contributed by atoms with van der Waals surface area (Å²) in [5, 5.41) is 2.50. The molecule has 0 fully saturated rings. The third kappa shape index (κ3) is 5.49. The van der Waals surface area contributed by atoms with E-state index in [1.165, 1.54) is 42.3 Å². The van der Waals surface area contributed by atoms with E-state index in [0.717, 1.165) is 35.1 Å². The van der Waals surface area contributed by atoms with Crippen LogP contribution in [0.5, 0.6) is 11.5 Å². The number of amides is 1. The Kier molecular flexibility index (Phi) is 7.37. The van der Waals surface area contributed by atoms with Crippen LogP contribution in [-0.4, -0.2) is 41.1 Å². The number of aromatic nitrogens is 2. The lowest BCUT2D eigenvalue weighted by atomic mass is 10.1. The second-order valence-electron chi connectivity index (χ2n) is 7.89. The average Bonchev–Trinajstić information content (AvgIpc) is 2.78. The number of hydrogen-bond acceptors (Lipinski definition) is 8. The van der Waals surface area contributed by atoms with Crippen molar-refractivity contribution in [3.05, 3.63) is 74.7 Å². The van der Waals surface area contributed by atoms with Gasteiger partial charge in [0.2, 0.25) is 0 Å². The highest BCUT2D eigenvalue weighted by Crippen LogP contribution is 2.26. The number of anilines is 2. The van der Waals surface area contributed by atoms with E-state index in [1.54, 1.807) is 14.1 Å². The van der Waals surface area contributed by atoms with Crippen molar-refractivity contribution >= 4 is 29.4 Å². The van der Waals surface area contributed by atoms with Crippen molar-refractivity contribution in [1.82, 2.24) is 9.13 Å². The molecule has 3 rings (SSSR count). The number of nitrogens with zero attached hydrogens (tertiary/aromatic N) is 3. The van der Waals surface area contributed by atoms with Crippen molar-refractivity contribution in [3.8, 4) is 17.2 Å². The summed E-state index contributed by atoms with van der Waals surface area (Å²) in [6.07, 6.45) is 0. The molecule has 0 bridgehead atoms. The minimum atomic E-state index is -0.818. The van der Waals surface area contributed by atoms with E-state index in [2.05, 4.69) is 5.32 Å². The number of esters is 2. The number of halogens is 1. The molecule has 1 N–H and O–H groups in total. The predicted molar refractivity (Wildman–Crippen MR) is 129 cm³/mol. The summed E-state index contributed by atoms with van der Waals surface area (Å²) in [7, 11) is 4.36. The molecule has 3 aromatic rings. The second-order valence-corrected chi connectivity index (χ2v) is 7.89. The smallest absolute Gasteiger partial charge is 0.337 e. The molecule has 0 aliphatic heterocycles. The zero-order chi connectivity index (χ0) is 26.7. The summed E-state index contributed by atoms with van der Waals surface area (Å²) in [5.74, 6) is -2.78. The van der Waals surface area contributed by atoms with Gasteiger partial charge in [0.15, 0.2) is 0 Å². The molecule has 0 aliphatic rings. The van der Waals surface area contributed by atoms with Crippen molar-refractivity contribution in [2.75, 3.05) is 24.3 Å². The van der Waals surface area contributed by atoms with Gasteiger partial charge >= 0.3 is 17.6 Å². The lowest BCUT2D eigenvalue weighted by Gasteiger charge is -2.23. The highest BCUT2D eigenvalue weighted by Gasteiger charge is 2.23. The van der Waals surface area contributed by atoms with Crippen molar-refractivity contribution < 1.29 is 28.2 Å². The van der Waals surface area contributed by atoms with Crippen LogP contribution in [0, 0.1) is 5.82 Å². The molecule has 0 saturated heterocycles. The van der Waals surface area contributed by atoms with E-state index in [-0.39, 0.29) is 34.3 Å². The Labute approximate surface area is 204 Å². The van der Waals surface area contributed by atoms with Gasteiger partial charge in [-0.1, -0.05) is 0 Å². The second kappa shape index (κ2) is 10.3. The van der Waals surface area contributed by atoms with E-state index in [9.17, 15) is 28.4 Å². The normalized spacial score (nSPS) is 10.5. The zero-order valence-electron chi connectivity index (χ0n) is 20.1. The maximum Gasteiger partial charge on any atom is 0.337 e. The van der Waals surface area contributed by atoms with Gasteiger partial charge in [-0.3, -0.25) is 23.7 Å². The minimum absolute atomic E-state index is 0.0272. The minimum Gasteiger partial charge on any atom is -0.427 e. The zero-order valence-corrected chi connectivity index (χ0v) is 20.1. The molecule has 0 unspecified atom stereocenters. The summed E-state index contributed by atoms with van der Waals surface area (Å²) in [6, 6.07) is 8.71. The van der Waals surface area contributed by atoms with Crippen molar-refractivity contribution in [2.45, 2.75) is 13.8 Å². The molecule has 36 heavy (non-hydrogen) atoms. The molecule has 0 radical (unpaired) electrons. The fourth-order valence-corrected chi connectivity index (χ4v) is 3.40. The molecule has 12 heteroatoms. The molecular weight excluding hydrogens is 475 g/mol. The van der Waals surface area contributed by atoms with Crippen molar-refractivity contribution in [3.63, 3.8) is 0 Å². The number of benzene rings is 2. The summed E-state index contributed by atoms with van der Waals surface area (Å²) in [6.45, 7) is 2.31. The number of rotatable bonds is 6. The van der Waals surface area contributed by atoms with Gasteiger partial charge < -0.3 is 19.7 Å². The lowest BCUT2D eigenvalue weighted by molar-refractivity contribution is -0.132. The molecule has 0 atom stereocenters. The summed E-state index contributed by atoms with van der Waals surface area (Å²) in [4.78, 5) is 63.5. The molecule has 0 aliphatic carbocycles. The van der Waals surface area contributed by atoms with Gasteiger partial charge in [-0.05, 0) is 36.4 Å². The number of nitrogens with one attached hydrogen (secondary N) is 1. The number of carbonyl (C=O) groups excluding carboxylic acids is 3. The number of ether oxygens (including phenoxy) is 2. The maximum atomic E-state index is 13.5. The van der Waals surface area contributed by atoms with Crippen LogP contribution in [-0.2, 0) is 16.6 Å². The SMILES string of the molecule is CC(=O)Oc1cc(OC(C)=O)cc(C(=O)Nc2c(N(C)C)n(-c3ccc(F)cc3)c(=O)n(C)c2=O)c1. The van der Waals surface area contributed by atoms with Gasteiger partial charge in [-0.15, -0.1) is 0 Å². The van der Waals surface area contributed by atoms with Gasteiger partial charge in [-0.25, -0.2) is 13.8 Å². The molecule has 11 nitrogen and oxygen atoms in total. The summed E-state index contributed by atoms with van der Waals surface area (Å²) in [5.41, 5.74) is -1.61. The van der Waals surface area contributed by atoms with Crippen LogP contribution >= 0.6 is 0 Å². The van der Waals surface area contributed by atoms with Gasteiger partial charge in [-0.2, -0.15) is 0 Å². The van der Waals surface area contributed by atoms with Crippen LogP contribution in [0.25, 0.3) is 5.69 Å². The first-order valence-electron chi connectivity index (χ1n) is 10.5. The third-order valence-corrected chi connectivity index (χ3v) is 4.84. The van der Waals surface area contributed by atoms with E-state index in [4.69, 9.17) is 9.47 Å². The Bertz CT molecular complexity index is 1440. The monoisotopic (exact) mass is 498 g/mol. The first kappa shape index (κ1) is 25.9. The Morgan fingerprint density at radius 1 is 0.917 bits per heavy atom. The molecule has 188 valence electrons. The first-order valence-corrected chi connectivity index (χ1v) is 10.5. The molecule has 1 aromatic heterocycles. The summed E-state index contributed by atoms with van der Waals surface area (Å²) >= 11 is 0. The van der Waals surface area contributed by atoms with Crippen molar-refractivity contribution in [1.29, 1.82) is 0 Å². The average molecular weight is 498 g/mol. The third-order valence-electron chi connectivity index (χ3n) is 4.84. The van der Waals surface area contributed by atoms with Crippen LogP contribution < -0.4 is 30.9 Å². The van der Waals surface area contributed by atoms with Crippen molar-refractivity contribution in [2.24, 2.45) is 7.05 Å². The standard InChI is InChI=1S/C24H23FN4O7/c1-13(30)35-18-10-15(11-19(12-18)36-14(2)31)21(32)26-20-22(27(3)4)29(24(34)28(5)23(20)33)17-8-6-16(25)7-9-17/h6-12H,1-5H3,(H,26,32). The largest absolute Gasteiger partial charge is 0.427 e.